The van der Waals surface area contributed by atoms with E-state index in [4.69, 9.17) is 0 Å². The first kappa shape index (κ1) is 15.0. The minimum absolute atomic E-state index is 0.122. The predicted octanol–water partition coefficient (Wildman–Crippen LogP) is 5.58. The Morgan fingerprint density at radius 2 is 1.84 bits per heavy atom. The Morgan fingerprint density at radius 3 is 2.37 bits per heavy atom. The number of nitrogens with zero attached hydrogens (tertiary/aromatic N) is 1. The summed E-state index contributed by atoms with van der Waals surface area (Å²) in [6.07, 6.45) is 0. The van der Waals surface area contributed by atoms with Crippen LogP contribution in [-0.2, 0) is 12.0 Å². The van der Waals surface area contributed by atoms with Crippen LogP contribution >= 0.6 is 43.2 Å². The highest BCUT2D eigenvalue weighted by Crippen LogP contribution is 2.31. The molecular formula is C14H16Br2N2S. The molecule has 2 rings (SSSR count). The fraction of sp³-hybridized carbons (Fsp3) is 0.357. The van der Waals surface area contributed by atoms with Gasteiger partial charge < -0.3 is 5.32 Å². The predicted molar refractivity (Wildman–Crippen MR) is 90.0 cm³/mol. The molecule has 0 spiro atoms. The average Bonchev–Trinajstić information content (AvgIpc) is 2.77. The van der Waals surface area contributed by atoms with Crippen molar-refractivity contribution in [2.24, 2.45) is 0 Å². The zero-order valence-corrected chi connectivity index (χ0v) is 15.1. The average molecular weight is 404 g/mol. The number of hydrogen-bond acceptors (Lipinski definition) is 3. The van der Waals surface area contributed by atoms with Crippen molar-refractivity contribution in [3.63, 3.8) is 0 Å². The second kappa shape index (κ2) is 5.94. The van der Waals surface area contributed by atoms with Crippen LogP contribution in [0.2, 0.25) is 0 Å². The molecule has 0 saturated carbocycles. The van der Waals surface area contributed by atoms with Crippen LogP contribution in [-0.4, -0.2) is 4.98 Å². The Balaban J connectivity index is 2.09. The van der Waals surface area contributed by atoms with Gasteiger partial charge in [-0.05, 0) is 44.0 Å². The van der Waals surface area contributed by atoms with E-state index >= 15 is 0 Å². The molecular weight excluding hydrogens is 388 g/mol. The second-order valence-electron chi connectivity index (χ2n) is 5.34. The first-order chi connectivity index (χ1) is 8.88. The molecule has 1 heterocycles. The third-order valence-electron chi connectivity index (χ3n) is 2.60. The highest BCUT2D eigenvalue weighted by molar-refractivity contribution is 9.11. The highest BCUT2D eigenvalue weighted by Gasteiger charge is 2.17. The SMILES string of the molecule is CC(C)(C)c1nc(CNc2c(Br)cccc2Br)cs1. The van der Waals surface area contributed by atoms with Gasteiger partial charge in [0.2, 0.25) is 0 Å². The Morgan fingerprint density at radius 1 is 1.21 bits per heavy atom. The lowest BCUT2D eigenvalue weighted by molar-refractivity contribution is 0.583. The van der Waals surface area contributed by atoms with Gasteiger partial charge in [-0.3, -0.25) is 0 Å². The van der Waals surface area contributed by atoms with Crippen LogP contribution in [0.15, 0.2) is 32.5 Å². The van der Waals surface area contributed by atoms with Crippen LogP contribution in [0.1, 0.15) is 31.5 Å². The van der Waals surface area contributed by atoms with Gasteiger partial charge in [-0.1, -0.05) is 26.8 Å². The molecule has 0 radical (unpaired) electrons. The summed E-state index contributed by atoms with van der Waals surface area (Å²) in [6, 6.07) is 6.04. The minimum atomic E-state index is 0.122. The van der Waals surface area contributed by atoms with Gasteiger partial charge in [-0.25, -0.2) is 4.98 Å². The number of benzene rings is 1. The number of thiazole rings is 1. The van der Waals surface area contributed by atoms with Gasteiger partial charge in [0, 0.05) is 19.7 Å². The summed E-state index contributed by atoms with van der Waals surface area (Å²) in [7, 11) is 0. The van der Waals surface area contributed by atoms with E-state index in [1.54, 1.807) is 11.3 Å². The van der Waals surface area contributed by atoms with Crippen molar-refractivity contribution in [1.82, 2.24) is 4.98 Å². The molecule has 0 fully saturated rings. The molecule has 0 atom stereocenters. The van der Waals surface area contributed by atoms with E-state index in [1.165, 1.54) is 5.01 Å². The largest absolute Gasteiger partial charge is 0.378 e. The summed E-state index contributed by atoms with van der Waals surface area (Å²) in [6.45, 7) is 7.29. The summed E-state index contributed by atoms with van der Waals surface area (Å²) in [5.74, 6) is 0. The number of anilines is 1. The van der Waals surface area contributed by atoms with Crippen molar-refractivity contribution in [2.45, 2.75) is 32.7 Å². The summed E-state index contributed by atoms with van der Waals surface area (Å²) in [4.78, 5) is 4.68. The zero-order chi connectivity index (χ0) is 14.0. The van der Waals surface area contributed by atoms with Crippen LogP contribution in [0, 0.1) is 0 Å². The minimum Gasteiger partial charge on any atom is -0.378 e. The maximum Gasteiger partial charge on any atom is 0.0982 e. The summed E-state index contributed by atoms with van der Waals surface area (Å²) in [5, 5.41) is 6.71. The van der Waals surface area contributed by atoms with Crippen molar-refractivity contribution in [3.8, 4) is 0 Å². The maximum atomic E-state index is 4.68. The van der Waals surface area contributed by atoms with Crippen molar-refractivity contribution in [3.05, 3.63) is 43.2 Å². The molecule has 5 heteroatoms. The van der Waals surface area contributed by atoms with E-state index < -0.39 is 0 Å². The number of halogens is 2. The van der Waals surface area contributed by atoms with Crippen LogP contribution in [0.4, 0.5) is 5.69 Å². The number of rotatable bonds is 3. The Labute approximate surface area is 134 Å². The molecule has 1 aromatic heterocycles. The number of para-hydroxylation sites is 1. The van der Waals surface area contributed by atoms with Crippen molar-refractivity contribution < 1.29 is 0 Å². The van der Waals surface area contributed by atoms with Gasteiger partial charge in [0.05, 0.1) is 22.9 Å². The molecule has 0 bridgehead atoms. The van der Waals surface area contributed by atoms with E-state index in [0.717, 1.165) is 26.9 Å². The quantitative estimate of drug-likeness (QED) is 0.723. The smallest absolute Gasteiger partial charge is 0.0982 e. The summed E-state index contributed by atoms with van der Waals surface area (Å²) >= 11 is 8.82. The van der Waals surface area contributed by atoms with Crippen LogP contribution in [0.25, 0.3) is 0 Å². The molecule has 2 nitrogen and oxygen atoms in total. The van der Waals surface area contributed by atoms with E-state index in [1.807, 2.05) is 18.2 Å². The van der Waals surface area contributed by atoms with Gasteiger partial charge in [0.15, 0.2) is 0 Å². The lowest BCUT2D eigenvalue weighted by Gasteiger charge is -2.13. The summed E-state index contributed by atoms with van der Waals surface area (Å²) in [5.41, 5.74) is 2.27. The molecule has 19 heavy (non-hydrogen) atoms. The molecule has 0 aliphatic rings. The standard InChI is InChI=1S/C14H16Br2N2S/c1-14(2,3)13-18-9(8-19-13)7-17-12-10(15)5-4-6-11(12)16/h4-6,8,17H,7H2,1-3H3. The van der Waals surface area contributed by atoms with Crippen molar-refractivity contribution in [1.29, 1.82) is 0 Å². The van der Waals surface area contributed by atoms with Crippen molar-refractivity contribution >= 4 is 48.9 Å². The van der Waals surface area contributed by atoms with E-state index in [2.05, 4.69) is 68.3 Å². The number of aromatic nitrogens is 1. The fourth-order valence-electron chi connectivity index (χ4n) is 1.58. The molecule has 1 aromatic carbocycles. The van der Waals surface area contributed by atoms with Gasteiger partial charge in [-0.15, -0.1) is 11.3 Å². The van der Waals surface area contributed by atoms with Crippen molar-refractivity contribution in [2.75, 3.05) is 5.32 Å². The molecule has 0 amide bonds. The molecule has 0 unspecified atom stereocenters. The van der Waals surface area contributed by atoms with Gasteiger partial charge in [0.25, 0.3) is 0 Å². The number of hydrogen-bond donors (Lipinski definition) is 1. The Bertz CT molecular complexity index is 553. The second-order valence-corrected chi connectivity index (χ2v) is 7.91. The number of nitrogens with one attached hydrogen (secondary N) is 1. The van der Waals surface area contributed by atoms with Crippen LogP contribution in [0.3, 0.4) is 0 Å². The lowest BCUT2D eigenvalue weighted by atomic mass is 9.98. The summed E-state index contributed by atoms with van der Waals surface area (Å²) < 4.78 is 2.10. The lowest BCUT2D eigenvalue weighted by Crippen LogP contribution is -2.11. The van der Waals surface area contributed by atoms with Crippen LogP contribution < -0.4 is 5.32 Å². The molecule has 0 saturated heterocycles. The Kier molecular flexibility index (Phi) is 4.69. The zero-order valence-electron chi connectivity index (χ0n) is 11.1. The molecule has 0 aliphatic carbocycles. The first-order valence-electron chi connectivity index (χ1n) is 6.00. The third kappa shape index (κ3) is 3.80. The normalized spacial score (nSPS) is 11.6. The van der Waals surface area contributed by atoms with E-state index in [0.29, 0.717) is 0 Å². The fourth-order valence-corrected chi connectivity index (χ4v) is 3.76. The molecule has 0 aliphatic heterocycles. The van der Waals surface area contributed by atoms with Gasteiger partial charge in [-0.2, -0.15) is 0 Å². The topological polar surface area (TPSA) is 24.9 Å². The highest BCUT2D eigenvalue weighted by atomic mass is 79.9. The van der Waals surface area contributed by atoms with E-state index in [-0.39, 0.29) is 5.41 Å². The van der Waals surface area contributed by atoms with Gasteiger partial charge >= 0.3 is 0 Å². The first-order valence-corrected chi connectivity index (χ1v) is 8.47. The third-order valence-corrected chi connectivity index (χ3v) is 5.24. The van der Waals surface area contributed by atoms with Gasteiger partial charge in [0.1, 0.15) is 0 Å². The van der Waals surface area contributed by atoms with E-state index in [9.17, 15) is 0 Å². The molecule has 1 N–H and O–H groups in total. The van der Waals surface area contributed by atoms with Crippen LogP contribution in [0.5, 0.6) is 0 Å². The molecule has 102 valence electrons. The Hall–Kier alpha value is -0.390. The monoisotopic (exact) mass is 402 g/mol. The molecule has 2 aromatic rings. The maximum absolute atomic E-state index is 4.68.